The quantitative estimate of drug-likeness (QED) is 0.593. The van der Waals surface area contributed by atoms with E-state index in [1.54, 1.807) is 13.0 Å². The lowest BCUT2D eigenvalue weighted by Crippen LogP contribution is -2.20. The van der Waals surface area contributed by atoms with Crippen molar-refractivity contribution in [3.63, 3.8) is 0 Å². The summed E-state index contributed by atoms with van der Waals surface area (Å²) in [5, 5.41) is 0. The highest BCUT2D eigenvalue weighted by Crippen LogP contribution is 2.26. The zero-order valence-electron chi connectivity index (χ0n) is 10.2. The number of carbonyl (C=O) groups excluding carboxylic acids is 2. The summed E-state index contributed by atoms with van der Waals surface area (Å²) in [7, 11) is 0. The van der Waals surface area contributed by atoms with Crippen LogP contribution in [0.15, 0.2) is 16.7 Å². The zero-order chi connectivity index (χ0) is 12.3. The normalized spacial score (nSPS) is 17.0. The number of furan rings is 1. The highest BCUT2D eigenvalue weighted by molar-refractivity contribution is 6.08. The first-order chi connectivity index (χ1) is 8.18. The van der Waals surface area contributed by atoms with E-state index in [4.69, 9.17) is 4.42 Å². The lowest BCUT2D eigenvalue weighted by Gasteiger charge is -2.19. The van der Waals surface area contributed by atoms with E-state index in [0.29, 0.717) is 11.3 Å². The molecule has 0 atom stereocenters. The summed E-state index contributed by atoms with van der Waals surface area (Å²) in [4.78, 5) is 23.9. The molecule has 1 saturated carbocycles. The highest BCUT2D eigenvalue weighted by Gasteiger charge is 2.24. The fraction of sp³-hybridized carbons (Fsp3) is 0.571. The van der Waals surface area contributed by atoms with Gasteiger partial charge in [0.2, 0.25) is 0 Å². The minimum atomic E-state index is -0.105. The van der Waals surface area contributed by atoms with E-state index in [1.807, 2.05) is 0 Å². The molecule has 0 amide bonds. The summed E-state index contributed by atoms with van der Waals surface area (Å²) >= 11 is 0. The van der Waals surface area contributed by atoms with Gasteiger partial charge in [-0.2, -0.15) is 0 Å². The lowest BCUT2D eigenvalue weighted by atomic mass is 9.84. The van der Waals surface area contributed by atoms with Crippen molar-refractivity contribution < 1.29 is 14.0 Å². The molecule has 1 aromatic heterocycles. The zero-order valence-corrected chi connectivity index (χ0v) is 10.2. The van der Waals surface area contributed by atoms with Gasteiger partial charge in [0, 0.05) is 5.92 Å². The predicted octanol–water partition coefficient (Wildman–Crippen LogP) is 3.31. The maximum Gasteiger partial charge on any atom is 0.173 e. The Hall–Kier alpha value is -1.38. The van der Waals surface area contributed by atoms with Gasteiger partial charge in [-0.3, -0.25) is 9.59 Å². The maximum atomic E-state index is 12.0. The van der Waals surface area contributed by atoms with Gasteiger partial charge in [-0.25, -0.2) is 0 Å². The Morgan fingerprint density at radius 2 is 2.00 bits per heavy atom. The second-order valence-electron chi connectivity index (χ2n) is 4.79. The first kappa shape index (κ1) is 12.1. The number of hydrogen-bond donors (Lipinski definition) is 0. The van der Waals surface area contributed by atoms with Crippen LogP contribution in [0.25, 0.3) is 0 Å². The van der Waals surface area contributed by atoms with Crippen LogP contribution in [-0.2, 0) is 4.79 Å². The summed E-state index contributed by atoms with van der Waals surface area (Å²) in [6.45, 7) is 1.75. The topological polar surface area (TPSA) is 47.3 Å². The van der Waals surface area contributed by atoms with Gasteiger partial charge in [-0.1, -0.05) is 19.3 Å². The van der Waals surface area contributed by atoms with Gasteiger partial charge in [0.05, 0.1) is 18.2 Å². The monoisotopic (exact) mass is 234 g/mol. The molecular weight excluding hydrogens is 216 g/mol. The summed E-state index contributed by atoms with van der Waals surface area (Å²) in [6.07, 6.45) is 6.90. The van der Waals surface area contributed by atoms with Gasteiger partial charge >= 0.3 is 0 Å². The molecule has 3 nitrogen and oxygen atoms in total. The Morgan fingerprint density at radius 1 is 1.29 bits per heavy atom. The molecule has 92 valence electrons. The summed E-state index contributed by atoms with van der Waals surface area (Å²) in [5.74, 6) is 0.716. The van der Waals surface area contributed by atoms with Crippen LogP contribution in [0.1, 0.15) is 54.6 Å². The molecule has 17 heavy (non-hydrogen) atoms. The minimum absolute atomic E-state index is 0.0328. The fourth-order valence-corrected chi connectivity index (χ4v) is 2.50. The second-order valence-corrected chi connectivity index (χ2v) is 4.79. The number of Topliss-reactive ketones (excluding diaryl/α,β-unsaturated/α-hetero) is 2. The molecule has 0 aliphatic heterocycles. The average Bonchev–Trinajstić information content (AvgIpc) is 2.76. The first-order valence-corrected chi connectivity index (χ1v) is 6.28. The lowest BCUT2D eigenvalue weighted by molar-refractivity contribution is -0.122. The van der Waals surface area contributed by atoms with Crippen LogP contribution < -0.4 is 0 Å². The minimum Gasteiger partial charge on any atom is -0.469 e. The Bertz CT molecular complexity index is 411. The van der Waals surface area contributed by atoms with Gasteiger partial charge in [0.1, 0.15) is 11.5 Å². The molecule has 0 spiro atoms. The molecule has 1 heterocycles. The molecule has 1 aliphatic rings. The van der Waals surface area contributed by atoms with E-state index < -0.39 is 0 Å². The smallest absolute Gasteiger partial charge is 0.173 e. The number of rotatable bonds is 4. The van der Waals surface area contributed by atoms with Crippen molar-refractivity contribution >= 4 is 11.6 Å². The van der Waals surface area contributed by atoms with E-state index in [-0.39, 0.29) is 23.9 Å². The van der Waals surface area contributed by atoms with E-state index in [2.05, 4.69) is 0 Å². The summed E-state index contributed by atoms with van der Waals surface area (Å²) in [6, 6.07) is 1.64. The molecule has 1 aromatic rings. The van der Waals surface area contributed by atoms with Crippen molar-refractivity contribution in [1.29, 1.82) is 0 Å². The number of hydrogen-bond acceptors (Lipinski definition) is 3. The van der Waals surface area contributed by atoms with Crippen molar-refractivity contribution in [1.82, 2.24) is 0 Å². The van der Waals surface area contributed by atoms with Crippen LogP contribution >= 0.6 is 0 Å². The molecule has 3 heteroatoms. The van der Waals surface area contributed by atoms with Gasteiger partial charge in [-0.15, -0.1) is 0 Å². The molecule has 0 saturated heterocycles. The Labute approximate surface area is 101 Å². The molecule has 0 aromatic carbocycles. The highest BCUT2D eigenvalue weighted by atomic mass is 16.3. The van der Waals surface area contributed by atoms with E-state index in [9.17, 15) is 9.59 Å². The molecule has 0 bridgehead atoms. The van der Waals surface area contributed by atoms with E-state index >= 15 is 0 Å². The molecule has 1 aliphatic carbocycles. The third-order valence-electron chi connectivity index (χ3n) is 3.55. The molecular formula is C14H18O3. The molecule has 1 fully saturated rings. The predicted molar refractivity (Wildman–Crippen MR) is 64.0 cm³/mol. The number of ketones is 2. The summed E-state index contributed by atoms with van der Waals surface area (Å²) < 4.78 is 5.08. The van der Waals surface area contributed by atoms with Crippen LogP contribution in [0.5, 0.6) is 0 Å². The number of aryl methyl sites for hydroxylation is 1. The Kier molecular flexibility index (Phi) is 3.77. The molecule has 0 N–H and O–H groups in total. The fourth-order valence-electron chi connectivity index (χ4n) is 2.50. The van der Waals surface area contributed by atoms with Crippen LogP contribution in [0, 0.1) is 12.8 Å². The van der Waals surface area contributed by atoms with Crippen molar-refractivity contribution in [3.05, 3.63) is 23.7 Å². The third kappa shape index (κ3) is 2.84. The van der Waals surface area contributed by atoms with Crippen LogP contribution in [0.4, 0.5) is 0 Å². The van der Waals surface area contributed by atoms with Gasteiger partial charge in [-0.05, 0) is 25.8 Å². The van der Waals surface area contributed by atoms with Crippen LogP contribution in [0.3, 0.4) is 0 Å². The largest absolute Gasteiger partial charge is 0.469 e. The van der Waals surface area contributed by atoms with E-state index in [0.717, 1.165) is 25.7 Å². The van der Waals surface area contributed by atoms with Crippen molar-refractivity contribution in [2.24, 2.45) is 5.92 Å². The van der Waals surface area contributed by atoms with Crippen molar-refractivity contribution in [2.75, 3.05) is 0 Å². The standard InChI is InChI=1S/C14H18O3/c1-10-12(7-8-17-10)14(16)9-13(15)11-5-3-2-4-6-11/h7-8,11H,2-6,9H2,1H3. The second kappa shape index (κ2) is 5.30. The third-order valence-corrected chi connectivity index (χ3v) is 3.55. The van der Waals surface area contributed by atoms with Crippen LogP contribution in [0.2, 0.25) is 0 Å². The van der Waals surface area contributed by atoms with Gasteiger partial charge in [0.25, 0.3) is 0 Å². The SMILES string of the molecule is Cc1occc1C(=O)CC(=O)C1CCCCC1. The molecule has 0 radical (unpaired) electrons. The average molecular weight is 234 g/mol. The van der Waals surface area contributed by atoms with Crippen molar-refractivity contribution in [2.45, 2.75) is 45.4 Å². The molecule has 2 rings (SSSR count). The Morgan fingerprint density at radius 3 is 2.59 bits per heavy atom. The van der Waals surface area contributed by atoms with Crippen LogP contribution in [-0.4, -0.2) is 11.6 Å². The summed E-state index contributed by atoms with van der Waals surface area (Å²) in [5.41, 5.74) is 0.550. The first-order valence-electron chi connectivity index (χ1n) is 6.28. The Balaban J connectivity index is 1.94. The van der Waals surface area contributed by atoms with Gasteiger partial charge in [0.15, 0.2) is 5.78 Å². The number of carbonyl (C=O) groups is 2. The van der Waals surface area contributed by atoms with E-state index in [1.165, 1.54) is 12.7 Å². The van der Waals surface area contributed by atoms with Gasteiger partial charge < -0.3 is 4.42 Å². The molecule has 0 unspecified atom stereocenters. The maximum absolute atomic E-state index is 12.0. The van der Waals surface area contributed by atoms with Crippen molar-refractivity contribution in [3.8, 4) is 0 Å².